The van der Waals surface area contributed by atoms with Gasteiger partial charge in [0, 0.05) is 5.02 Å². The average molecular weight is 290 g/mol. The van der Waals surface area contributed by atoms with Gasteiger partial charge in [0.1, 0.15) is 5.02 Å². The molecule has 0 atom stereocenters. The fraction of sp³-hybridized carbons (Fsp3) is 0.0909. The Balaban J connectivity index is 2.65. The zero-order valence-corrected chi connectivity index (χ0v) is 11.0. The molecule has 0 saturated heterocycles. The molecule has 1 heterocycles. The fourth-order valence-electron chi connectivity index (χ4n) is 1.36. The van der Waals surface area contributed by atoms with Crippen molar-refractivity contribution < 1.29 is 0 Å². The average Bonchev–Trinajstić information content (AvgIpc) is 2.30. The zero-order valence-electron chi connectivity index (χ0n) is 8.75. The van der Waals surface area contributed by atoms with Crippen molar-refractivity contribution in [1.82, 2.24) is 9.78 Å². The Bertz CT molecular complexity index is 637. The topological polar surface area (TPSA) is 34.9 Å². The Hall–Kier alpha value is -1.03. The number of aromatic nitrogens is 2. The van der Waals surface area contributed by atoms with Crippen molar-refractivity contribution in [2.75, 3.05) is 0 Å². The van der Waals surface area contributed by atoms with Crippen LogP contribution in [0, 0.1) is 6.92 Å². The number of rotatable bonds is 1. The van der Waals surface area contributed by atoms with Crippen molar-refractivity contribution in [1.29, 1.82) is 0 Å². The van der Waals surface area contributed by atoms with Crippen molar-refractivity contribution >= 4 is 34.8 Å². The van der Waals surface area contributed by atoms with Crippen LogP contribution < -0.4 is 5.56 Å². The van der Waals surface area contributed by atoms with Gasteiger partial charge in [-0.1, -0.05) is 34.8 Å². The minimum Gasteiger partial charge on any atom is -0.266 e. The molecule has 1 aromatic heterocycles. The Kier molecular flexibility index (Phi) is 3.43. The molecule has 1 aromatic carbocycles. The molecule has 0 unspecified atom stereocenters. The highest BCUT2D eigenvalue weighted by Gasteiger charge is 2.09. The molecule has 2 aromatic rings. The van der Waals surface area contributed by atoms with E-state index in [-0.39, 0.29) is 10.0 Å². The van der Waals surface area contributed by atoms with Crippen LogP contribution >= 0.6 is 34.8 Å². The van der Waals surface area contributed by atoms with Gasteiger partial charge in [-0.3, -0.25) is 4.79 Å². The Morgan fingerprint density at radius 3 is 2.53 bits per heavy atom. The Morgan fingerprint density at radius 2 is 1.88 bits per heavy atom. The van der Waals surface area contributed by atoms with Crippen molar-refractivity contribution in [2.24, 2.45) is 0 Å². The lowest BCUT2D eigenvalue weighted by Gasteiger charge is -2.07. The first-order valence-corrected chi connectivity index (χ1v) is 5.84. The van der Waals surface area contributed by atoms with Gasteiger partial charge in [0.05, 0.1) is 16.9 Å². The van der Waals surface area contributed by atoms with E-state index in [4.69, 9.17) is 34.8 Å². The molecular weight excluding hydrogens is 282 g/mol. The first-order chi connectivity index (χ1) is 8.00. The third-order valence-electron chi connectivity index (χ3n) is 2.26. The van der Waals surface area contributed by atoms with Gasteiger partial charge in [0.25, 0.3) is 5.56 Å². The van der Waals surface area contributed by atoms with Gasteiger partial charge in [0.2, 0.25) is 0 Å². The van der Waals surface area contributed by atoms with Crippen LogP contribution in [0.2, 0.25) is 15.1 Å². The third-order valence-corrected chi connectivity index (χ3v) is 3.44. The first kappa shape index (κ1) is 12.4. The summed E-state index contributed by atoms with van der Waals surface area (Å²) < 4.78 is 1.18. The summed E-state index contributed by atoms with van der Waals surface area (Å²) in [5.41, 5.74) is 0.986. The number of halogens is 3. The number of hydrogen-bond acceptors (Lipinski definition) is 2. The lowest BCUT2D eigenvalue weighted by atomic mass is 10.2. The smallest absolute Gasteiger partial charge is 0.266 e. The van der Waals surface area contributed by atoms with E-state index in [9.17, 15) is 4.79 Å². The monoisotopic (exact) mass is 288 g/mol. The molecule has 0 N–H and O–H groups in total. The molecule has 6 heteroatoms. The van der Waals surface area contributed by atoms with Gasteiger partial charge < -0.3 is 0 Å². The normalized spacial score (nSPS) is 10.6. The molecule has 0 amide bonds. The molecule has 0 aliphatic carbocycles. The highest BCUT2D eigenvalue weighted by molar-refractivity contribution is 6.41. The quantitative estimate of drug-likeness (QED) is 0.805. The second kappa shape index (κ2) is 4.69. The second-order valence-corrected chi connectivity index (χ2v) is 4.65. The molecule has 88 valence electrons. The molecule has 0 aliphatic heterocycles. The molecule has 0 saturated carbocycles. The van der Waals surface area contributed by atoms with Crippen LogP contribution in [0.1, 0.15) is 5.56 Å². The van der Waals surface area contributed by atoms with Crippen molar-refractivity contribution in [2.45, 2.75) is 6.92 Å². The van der Waals surface area contributed by atoms with E-state index in [0.29, 0.717) is 10.7 Å². The summed E-state index contributed by atoms with van der Waals surface area (Å²) in [4.78, 5) is 11.8. The van der Waals surface area contributed by atoms with E-state index in [1.54, 1.807) is 18.2 Å². The predicted octanol–water partition coefficient (Wildman–Crippen LogP) is 3.50. The van der Waals surface area contributed by atoms with Crippen LogP contribution in [0.25, 0.3) is 5.69 Å². The van der Waals surface area contributed by atoms with E-state index in [1.165, 1.54) is 10.9 Å². The Morgan fingerprint density at radius 1 is 1.18 bits per heavy atom. The highest BCUT2D eigenvalue weighted by Crippen LogP contribution is 2.19. The molecule has 0 fully saturated rings. The molecule has 3 nitrogen and oxygen atoms in total. The van der Waals surface area contributed by atoms with Crippen LogP contribution in [0.4, 0.5) is 0 Å². The standard InChI is InChI=1S/C11H7Cl3N2O/c1-6-4-7(2-3-8(6)12)16-11(17)10(14)9(13)5-15-16/h2-5H,1H3. The second-order valence-electron chi connectivity index (χ2n) is 3.46. The van der Waals surface area contributed by atoms with Gasteiger partial charge in [-0.15, -0.1) is 0 Å². The third kappa shape index (κ3) is 2.32. The first-order valence-electron chi connectivity index (χ1n) is 4.70. The van der Waals surface area contributed by atoms with E-state index in [0.717, 1.165) is 5.56 Å². The largest absolute Gasteiger partial charge is 0.291 e. The summed E-state index contributed by atoms with van der Waals surface area (Å²) in [7, 11) is 0. The van der Waals surface area contributed by atoms with E-state index in [2.05, 4.69) is 5.10 Å². The fourth-order valence-corrected chi connectivity index (χ4v) is 1.73. The Labute approximate surface area is 113 Å². The maximum absolute atomic E-state index is 11.8. The zero-order chi connectivity index (χ0) is 12.6. The van der Waals surface area contributed by atoms with Gasteiger partial charge >= 0.3 is 0 Å². The molecule has 0 radical (unpaired) electrons. The van der Waals surface area contributed by atoms with Gasteiger partial charge in [0.15, 0.2) is 0 Å². The van der Waals surface area contributed by atoms with Crippen LogP contribution in [-0.4, -0.2) is 9.78 Å². The maximum atomic E-state index is 11.8. The summed E-state index contributed by atoms with van der Waals surface area (Å²) in [5, 5.41) is 4.64. The summed E-state index contributed by atoms with van der Waals surface area (Å²) >= 11 is 17.4. The minimum atomic E-state index is -0.458. The van der Waals surface area contributed by atoms with Gasteiger partial charge in [-0.2, -0.15) is 9.78 Å². The van der Waals surface area contributed by atoms with E-state index < -0.39 is 5.56 Å². The number of benzene rings is 1. The lowest BCUT2D eigenvalue weighted by Crippen LogP contribution is -2.21. The molecule has 2 rings (SSSR count). The molecular formula is C11H7Cl3N2O. The summed E-state index contributed by atoms with van der Waals surface area (Å²) in [6, 6.07) is 5.14. The van der Waals surface area contributed by atoms with Gasteiger partial charge in [-0.25, -0.2) is 0 Å². The number of nitrogens with zero attached hydrogens (tertiary/aromatic N) is 2. The van der Waals surface area contributed by atoms with Crippen LogP contribution in [-0.2, 0) is 0 Å². The molecule has 17 heavy (non-hydrogen) atoms. The highest BCUT2D eigenvalue weighted by atomic mass is 35.5. The molecule has 0 bridgehead atoms. The SMILES string of the molecule is Cc1cc(-n2ncc(Cl)c(Cl)c2=O)ccc1Cl. The van der Waals surface area contributed by atoms with Crippen LogP contribution in [0.5, 0.6) is 0 Å². The van der Waals surface area contributed by atoms with Crippen LogP contribution in [0.15, 0.2) is 29.2 Å². The minimum absolute atomic E-state index is 0.0470. The van der Waals surface area contributed by atoms with Crippen molar-refractivity contribution in [3.05, 3.63) is 55.4 Å². The molecule has 0 spiro atoms. The molecule has 0 aliphatic rings. The maximum Gasteiger partial charge on any atom is 0.291 e. The number of hydrogen-bond donors (Lipinski definition) is 0. The number of aryl methyl sites for hydroxylation is 1. The van der Waals surface area contributed by atoms with Crippen LogP contribution in [0.3, 0.4) is 0 Å². The van der Waals surface area contributed by atoms with Gasteiger partial charge in [-0.05, 0) is 30.7 Å². The predicted molar refractivity (Wildman–Crippen MR) is 69.6 cm³/mol. The van der Waals surface area contributed by atoms with E-state index in [1.807, 2.05) is 6.92 Å². The summed E-state index contributed by atoms with van der Waals surface area (Å²) in [6.07, 6.45) is 1.33. The lowest BCUT2D eigenvalue weighted by molar-refractivity contribution is 0.806. The summed E-state index contributed by atoms with van der Waals surface area (Å²) in [5.74, 6) is 0. The van der Waals surface area contributed by atoms with Crippen molar-refractivity contribution in [3.8, 4) is 5.69 Å². The van der Waals surface area contributed by atoms with Crippen molar-refractivity contribution in [3.63, 3.8) is 0 Å². The summed E-state index contributed by atoms with van der Waals surface area (Å²) in [6.45, 7) is 1.84. The van der Waals surface area contributed by atoms with E-state index >= 15 is 0 Å².